The quantitative estimate of drug-likeness (QED) is 0.329. The van der Waals surface area contributed by atoms with Crippen molar-refractivity contribution in [1.29, 1.82) is 0 Å². The molecule has 0 aliphatic carbocycles. The molecular weight excluding hydrogens is 160 g/mol. The maximum absolute atomic E-state index is 10.7. The van der Waals surface area contributed by atoms with Crippen molar-refractivity contribution in [1.82, 2.24) is 0 Å². The van der Waals surface area contributed by atoms with E-state index in [-0.39, 0.29) is 12.1 Å². The summed E-state index contributed by atoms with van der Waals surface area (Å²) in [5, 5.41) is 0. The van der Waals surface area contributed by atoms with Crippen LogP contribution in [-0.2, 0) is 14.0 Å². The van der Waals surface area contributed by atoms with Crippen molar-refractivity contribution in [3.8, 4) is 0 Å². The molecular formula is C7H14O3Si. The summed E-state index contributed by atoms with van der Waals surface area (Å²) < 4.78 is 9.90. The van der Waals surface area contributed by atoms with Gasteiger partial charge in [-0.1, -0.05) is 13.5 Å². The molecule has 0 aromatic carbocycles. The van der Waals surface area contributed by atoms with E-state index in [1.54, 1.807) is 0 Å². The predicted octanol–water partition coefficient (Wildman–Crippen LogP) is -0.209. The Balaban J connectivity index is 3.67. The minimum atomic E-state index is -0.379. The monoisotopic (exact) mass is 174 g/mol. The molecule has 0 aromatic rings. The van der Waals surface area contributed by atoms with Crippen LogP contribution in [0, 0.1) is 0 Å². The van der Waals surface area contributed by atoms with Crippen molar-refractivity contribution in [2.75, 3.05) is 6.61 Å². The van der Waals surface area contributed by atoms with Gasteiger partial charge in [-0.25, -0.2) is 4.79 Å². The van der Waals surface area contributed by atoms with Gasteiger partial charge in [0.05, 0.1) is 6.61 Å². The zero-order chi connectivity index (χ0) is 8.69. The van der Waals surface area contributed by atoms with Gasteiger partial charge >= 0.3 is 5.97 Å². The first-order valence-electron chi connectivity index (χ1n) is 3.56. The SMILES string of the molecule is C=CC(=O)OC(CC)CO[SiH3]. The van der Waals surface area contributed by atoms with Crippen LogP contribution in [0.25, 0.3) is 0 Å². The first-order chi connectivity index (χ1) is 5.24. The Labute approximate surface area is 69.9 Å². The molecule has 0 aliphatic heterocycles. The Morgan fingerprint density at radius 1 is 1.82 bits per heavy atom. The van der Waals surface area contributed by atoms with E-state index in [1.165, 1.54) is 0 Å². The smallest absolute Gasteiger partial charge is 0.330 e. The van der Waals surface area contributed by atoms with Crippen LogP contribution in [0.5, 0.6) is 0 Å². The van der Waals surface area contributed by atoms with Crippen LogP contribution in [0.1, 0.15) is 13.3 Å². The molecule has 0 saturated carbocycles. The third-order valence-corrected chi connectivity index (χ3v) is 1.59. The molecule has 1 unspecified atom stereocenters. The van der Waals surface area contributed by atoms with Crippen molar-refractivity contribution in [3.05, 3.63) is 12.7 Å². The molecule has 4 heteroatoms. The van der Waals surface area contributed by atoms with Crippen LogP contribution in [0.2, 0.25) is 0 Å². The Bertz CT molecular complexity index is 136. The normalized spacial score (nSPS) is 12.5. The van der Waals surface area contributed by atoms with Gasteiger partial charge in [0.2, 0.25) is 0 Å². The van der Waals surface area contributed by atoms with Gasteiger partial charge < -0.3 is 9.16 Å². The standard InChI is InChI=1S/C7H14O3Si/c1-3-6(5-9-11)10-7(8)4-2/h4,6H,2-3,5H2,1,11H3. The minimum absolute atomic E-state index is 0.113. The molecule has 11 heavy (non-hydrogen) atoms. The van der Waals surface area contributed by atoms with E-state index in [4.69, 9.17) is 9.16 Å². The summed E-state index contributed by atoms with van der Waals surface area (Å²) in [6.07, 6.45) is 1.83. The van der Waals surface area contributed by atoms with E-state index in [0.29, 0.717) is 17.1 Å². The van der Waals surface area contributed by atoms with Gasteiger partial charge in [0.1, 0.15) is 16.6 Å². The van der Waals surface area contributed by atoms with E-state index in [2.05, 4.69) is 6.58 Å². The summed E-state index contributed by atoms with van der Waals surface area (Å²) in [5.74, 6) is -0.379. The molecule has 0 heterocycles. The molecule has 0 aromatic heterocycles. The second kappa shape index (κ2) is 6.12. The minimum Gasteiger partial charge on any atom is -0.457 e. The van der Waals surface area contributed by atoms with Gasteiger partial charge in [-0.15, -0.1) is 0 Å². The highest BCUT2D eigenvalue weighted by atomic mass is 28.2. The zero-order valence-electron chi connectivity index (χ0n) is 7.00. The summed E-state index contributed by atoms with van der Waals surface area (Å²) in [5.41, 5.74) is 0. The van der Waals surface area contributed by atoms with Gasteiger partial charge in [0, 0.05) is 6.08 Å². The molecule has 0 rings (SSSR count). The number of carbonyl (C=O) groups is 1. The van der Waals surface area contributed by atoms with Crippen LogP contribution in [-0.4, -0.2) is 29.2 Å². The van der Waals surface area contributed by atoms with Crippen molar-refractivity contribution in [2.45, 2.75) is 19.4 Å². The lowest BCUT2D eigenvalue weighted by molar-refractivity contribution is -0.144. The summed E-state index contributed by atoms with van der Waals surface area (Å²) >= 11 is 0. The molecule has 0 saturated heterocycles. The number of hydrogen-bond donors (Lipinski definition) is 0. The highest BCUT2D eigenvalue weighted by Gasteiger charge is 2.08. The van der Waals surface area contributed by atoms with Gasteiger partial charge in [0.15, 0.2) is 0 Å². The maximum atomic E-state index is 10.7. The molecule has 3 nitrogen and oxygen atoms in total. The Hall–Kier alpha value is -0.613. The summed E-state index contributed by atoms with van der Waals surface area (Å²) in [6, 6.07) is 0. The fraction of sp³-hybridized carbons (Fsp3) is 0.571. The fourth-order valence-electron chi connectivity index (χ4n) is 0.633. The molecule has 0 spiro atoms. The highest BCUT2D eigenvalue weighted by Crippen LogP contribution is 1.98. The van der Waals surface area contributed by atoms with Crippen LogP contribution in [0.4, 0.5) is 0 Å². The molecule has 0 N–H and O–H groups in total. The van der Waals surface area contributed by atoms with Gasteiger partial charge in [0.25, 0.3) is 0 Å². The third kappa shape index (κ3) is 4.75. The van der Waals surface area contributed by atoms with E-state index in [1.807, 2.05) is 6.92 Å². The van der Waals surface area contributed by atoms with E-state index < -0.39 is 0 Å². The van der Waals surface area contributed by atoms with Gasteiger partial charge in [-0.3, -0.25) is 0 Å². The fourth-order valence-corrected chi connectivity index (χ4v) is 1.01. The first-order valence-corrected chi connectivity index (χ1v) is 4.38. The molecule has 64 valence electrons. The van der Waals surface area contributed by atoms with Gasteiger partial charge in [-0.2, -0.15) is 0 Å². The third-order valence-electron chi connectivity index (χ3n) is 1.26. The molecule has 0 bridgehead atoms. The van der Waals surface area contributed by atoms with E-state index in [0.717, 1.165) is 12.5 Å². The Kier molecular flexibility index (Phi) is 5.78. The van der Waals surface area contributed by atoms with Crippen LogP contribution < -0.4 is 0 Å². The zero-order valence-corrected chi connectivity index (χ0v) is 9.00. The lowest BCUT2D eigenvalue weighted by Gasteiger charge is -2.13. The van der Waals surface area contributed by atoms with E-state index >= 15 is 0 Å². The molecule has 1 atom stereocenters. The number of carbonyl (C=O) groups excluding carboxylic acids is 1. The topological polar surface area (TPSA) is 35.5 Å². The molecule has 0 aliphatic rings. The molecule has 0 fully saturated rings. The molecule has 0 amide bonds. The Morgan fingerprint density at radius 2 is 2.45 bits per heavy atom. The maximum Gasteiger partial charge on any atom is 0.330 e. The summed E-state index contributed by atoms with van der Waals surface area (Å²) in [7, 11) is 0.676. The average molecular weight is 174 g/mol. The average Bonchev–Trinajstić information content (AvgIpc) is 2.03. The largest absolute Gasteiger partial charge is 0.457 e. The van der Waals surface area contributed by atoms with E-state index in [9.17, 15) is 4.79 Å². The molecule has 0 radical (unpaired) electrons. The lowest BCUT2D eigenvalue weighted by Crippen LogP contribution is -2.21. The van der Waals surface area contributed by atoms with Crippen molar-refractivity contribution < 1.29 is 14.0 Å². The van der Waals surface area contributed by atoms with Crippen LogP contribution >= 0.6 is 0 Å². The first kappa shape index (κ1) is 10.4. The number of rotatable bonds is 5. The van der Waals surface area contributed by atoms with Gasteiger partial charge in [-0.05, 0) is 6.42 Å². The van der Waals surface area contributed by atoms with Crippen LogP contribution in [0.3, 0.4) is 0 Å². The van der Waals surface area contributed by atoms with Crippen molar-refractivity contribution in [2.24, 2.45) is 0 Å². The van der Waals surface area contributed by atoms with Crippen molar-refractivity contribution in [3.63, 3.8) is 0 Å². The predicted molar refractivity (Wildman–Crippen MR) is 46.3 cm³/mol. The number of hydrogen-bond acceptors (Lipinski definition) is 3. The number of esters is 1. The van der Waals surface area contributed by atoms with Crippen molar-refractivity contribution >= 4 is 16.5 Å². The summed E-state index contributed by atoms with van der Waals surface area (Å²) in [6.45, 7) is 5.75. The Morgan fingerprint density at radius 3 is 2.82 bits per heavy atom. The summed E-state index contributed by atoms with van der Waals surface area (Å²) in [4.78, 5) is 10.7. The second-order valence-electron chi connectivity index (χ2n) is 2.13. The number of ether oxygens (including phenoxy) is 1. The van der Waals surface area contributed by atoms with Crippen LogP contribution in [0.15, 0.2) is 12.7 Å². The highest BCUT2D eigenvalue weighted by molar-refractivity contribution is 5.97. The lowest BCUT2D eigenvalue weighted by atomic mass is 10.3. The second-order valence-corrected chi connectivity index (χ2v) is 2.70.